The molecule has 0 unspecified atom stereocenters. The second-order valence-corrected chi connectivity index (χ2v) is 18.6. The molecule has 0 spiro atoms. The van der Waals surface area contributed by atoms with Gasteiger partial charge in [-0.05, 0) is 0 Å². The van der Waals surface area contributed by atoms with Gasteiger partial charge in [-0.15, -0.1) is 0 Å². The molecule has 0 aliphatic heterocycles. The second kappa shape index (κ2) is 5.56. The van der Waals surface area contributed by atoms with Gasteiger partial charge in [0.2, 0.25) is 0 Å². The van der Waals surface area contributed by atoms with Crippen molar-refractivity contribution in [3.8, 4) is 0 Å². The van der Waals surface area contributed by atoms with E-state index in [0.717, 1.165) is 11.4 Å². The quantitative estimate of drug-likeness (QED) is 0.672. The van der Waals surface area contributed by atoms with Crippen LogP contribution < -0.4 is 0 Å². The molecule has 0 atom stereocenters. The predicted octanol–water partition coefficient (Wildman–Crippen LogP) is 4.57. The zero-order valence-corrected chi connectivity index (χ0v) is 15.1. The Kier molecular flexibility index (Phi) is 5.80. The van der Waals surface area contributed by atoms with Gasteiger partial charge in [0.1, 0.15) is 0 Å². The molecule has 0 saturated carbocycles. The van der Waals surface area contributed by atoms with E-state index in [1.807, 2.05) is 0 Å². The van der Waals surface area contributed by atoms with Gasteiger partial charge in [-0.25, -0.2) is 0 Å². The van der Waals surface area contributed by atoms with Crippen molar-refractivity contribution in [2.24, 2.45) is 0 Å². The first-order chi connectivity index (χ1) is 6.90. The maximum absolute atomic E-state index is 12.3. The van der Waals surface area contributed by atoms with Crippen LogP contribution >= 0.6 is 0 Å². The second-order valence-electron chi connectivity index (χ2n) is 6.39. The molecule has 0 fully saturated rings. The van der Waals surface area contributed by atoms with Crippen LogP contribution in [0.4, 0.5) is 0 Å². The predicted molar refractivity (Wildman–Crippen MR) is 71.7 cm³/mol. The summed E-state index contributed by atoms with van der Waals surface area (Å²) in [6.07, 6.45) is 0.971. The molecule has 5 heteroatoms. The molecule has 0 rings (SSSR count). The van der Waals surface area contributed by atoms with Crippen LogP contribution in [-0.4, -0.2) is 16.6 Å². The molecular formula is C11H28CoO2Si2. The summed E-state index contributed by atoms with van der Waals surface area (Å²) < 4.78 is 18.5. The molecule has 16 heavy (non-hydrogen) atoms. The van der Waals surface area contributed by atoms with Gasteiger partial charge in [0.15, 0.2) is 0 Å². The summed E-state index contributed by atoms with van der Waals surface area (Å²) >= 11 is -1.13. The van der Waals surface area contributed by atoms with Crippen molar-refractivity contribution in [1.29, 1.82) is 0 Å². The molecule has 0 bridgehead atoms. The van der Waals surface area contributed by atoms with E-state index in [9.17, 15) is 3.87 Å². The van der Waals surface area contributed by atoms with Crippen LogP contribution in [0, 0.1) is 0 Å². The maximum atomic E-state index is 12.3. The molecule has 0 amide bonds. The van der Waals surface area contributed by atoms with Crippen molar-refractivity contribution >= 4 is 16.6 Å². The van der Waals surface area contributed by atoms with Crippen molar-refractivity contribution in [3.05, 3.63) is 0 Å². The molecule has 0 aliphatic carbocycles. The minimum atomic E-state index is -1.75. The van der Waals surface area contributed by atoms with E-state index >= 15 is 0 Å². The Hall–Kier alpha value is 0.700. The van der Waals surface area contributed by atoms with E-state index < -0.39 is 30.2 Å². The van der Waals surface area contributed by atoms with Crippen molar-refractivity contribution in [3.63, 3.8) is 0 Å². The summed E-state index contributed by atoms with van der Waals surface area (Å²) in [6, 6.07) is 0. The van der Waals surface area contributed by atoms with Crippen molar-refractivity contribution in [2.75, 3.05) is 0 Å². The third-order valence-electron chi connectivity index (χ3n) is 2.30. The molecule has 0 heterocycles. The van der Waals surface area contributed by atoms with E-state index in [1.54, 1.807) is 0 Å². The van der Waals surface area contributed by atoms with Gasteiger partial charge in [0.25, 0.3) is 0 Å². The summed E-state index contributed by atoms with van der Waals surface area (Å²) in [7, 11) is -3.25. The number of hydrogen-bond acceptors (Lipinski definition) is 2. The normalized spacial score (nSPS) is 15.1. The van der Waals surface area contributed by atoms with E-state index in [0.29, 0.717) is 0 Å². The Morgan fingerprint density at radius 2 is 1.56 bits per heavy atom. The summed E-state index contributed by atoms with van der Waals surface area (Å²) in [5.74, 6) is 0. The summed E-state index contributed by atoms with van der Waals surface area (Å²) in [5.41, 5.74) is 0. The number of hydrogen-bond donors (Lipinski definition) is 0. The molecule has 0 aromatic heterocycles. The average molecular weight is 307 g/mol. The zero-order chi connectivity index (χ0) is 13.2. The SMILES string of the molecule is CC[C](C)(C)[Co](=[O])[CH2][Si](C)(C)O[Si](C)(C)C. The van der Waals surface area contributed by atoms with Gasteiger partial charge < -0.3 is 0 Å². The van der Waals surface area contributed by atoms with E-state index in [2.05, 4.69) is 53.5 Å². The Balaban J connectivity index is 4.55. The first kappa shape index (κ1) is 16.7. The van der Waals surface area contributed by atoms with Gasteiger partial charge in [-0.1, -0.05) is 0 Å². The van der Waals surface area contributed by atoms with Gasteiger partial charge in [0.05, 0.1) is 0 Å². The molecule has 0 aromatic carbocycles. The third-order valence-corrected chi connectivity index (χ3v) is 13.3. The molecule has 0 aromatic rings. The van der Waals surface area contributed by atoms with Crippen LogP contribution in [0.5, 0.6) is 0 Å². The fourth-order valence-corrected chi connectivity index (χ4v) is 14.1. The van der Waals surface area contributed by atoms with Crippen LogP contribution in [0.2, 0.25) is 42.1 Å². The Bertz CT molecular complexity index is 257. The molecule has 0 saturated heterocycles. The van der Waals surface area contributed by atoms with Gasteiger partial charge in [-0.3, -0.25) is 0 Å². The van der Waals surface area contributed by atoms with E-state index in [1.165, 1.54) is 0 Å². The van der Waals surface area contributed by atoms with Crippen molar-refractivity contribution < 1.29 is 21.6 Å². The molecular weight excluding hydrogens is 279 g/mol. The Morgan fingerprint density at radius 1 is 1.12 bits per heavy atom. The number of rotatable bonds is 6. The van der Waals surface area contributed by atoms with Gasteiger partial charge in [-0.2, -0.15) is 0 Å². The molecule has 2 nitrogen and oxygen atoms in total. The molecule has 0 N–H and O–H groups in total. The molecule has 0 radical (unpaired) electrons. The van der Waals surface area contributed by atoms with Crippen molar-refractivity contribution in [2.45, 2.75) is 69.3 Å². The Morgan fingerprint density at radius 3 is 1.88 bits per heavy atom. The van der Waals surface area contributed by atoms with Crippen LogP contribution in [0.25, 0.3) is 0 Å². The monoisotopic (exact) mass is 307 g/mol. The standard InChI is InChI=1S/C6H17OSi2.C5H11.Co.O/c1-8(2,3)7-9(4,5)6;1-4-5(2)3;;/h1H2,2-6H3;4H2,1-3H3;;. The first-order valence-electron chi connectivity index (χ1n) is 5.86. The van der Waals surface area contributed by atoms with Crippen LogP contribution in [-0.2, 0) is 21.6 Å². The van der Waals surface area contributed by atoms with Crippen LogP contribution in [0.3, 0.4) is 0 Å². The molecule has 0 aliphatic rings. The topological polar surface area (TPSA) is 26.3 Å². The van der Waals surface area contributed by atoms with Crippen molar-refractivity contribution in [1.82, 2.24) is 0 Å². The van der Waals surface area contributed by atoms with Gasteiger partial charge >= 0.3 is 107 Å². The minimum absolute atomic E-state index is 0.0416. The van der Waals surface area contributed by atoms with Crippen LogP contribution in [0.15, 0.2) is 0 Å². The summed E-state index contributed by atoms with van der Waals surface area (Å²) in [4.78, 5) is 0.797. The van der Waals surface area contributed by atoms with Gasteiger partial charge in [0, 0.05) is 0 Å². The zero-order valence-electron chi connectivity index (χ0n) is 12.1. The van der Waals surface area contributed by atoms with E-state index in [4.69, 9.17) is 4.12 Å². The fourth-order valence-electron chi connectivity index (χ4n) is 1.40. The average Bonchev–Trinajstić information content (AvgIpc) is 1.98. The fraction of sp³-hybridized carbons (Fsp3) is 1.00. The first-order valence-corrected chi connectivity index (χ1v) is 14.1. The van der Waals surface area contributed by atoms with Crippen LogP contribution in [0.1, 0.15) is 27.2 Å². The third kappa shape index (κ3) is 6.44. The Labute approximate surface area is 107 Å². The molecule has 101 valence electrons. The van der Waals surface area contributed by atoms with E-state index in [-0.39, 0.29) is 4.35 Å². The summed E-state index contributed by atoms with van der Waals surface area (Å²) in [6.45, 7) is 17.3. The summed E-state index contributed by atoms with van der Waals surface area (Å²) in [5, 5.41) is 0.